The molecule has 22 heavy (non-hydrogen) atoms. The normalized spacial score (nSPS) is 27.8. The van der Waals surface area contributed by atoms with Crippen molar-refractivity contribution in [3.63, 3.8) is 0 Å². The minimum absolute atomic E-state index is 0.0101. The maximum absolute atomic E-state index is 11.7. The Balaban J connectivity index is 1.90. The van der Waals surface area contributed by atoms with Gasteiger partial charge in [0.25, 0.3) is 0 Å². The number of piperidine rings is 1. The molecule has 1 aliphatic carbocycles. The van der Waals surface area contributed by atoms with Gasteiger partial charge in [-0.25, -0.2) is 0 Å². The zero-order valence-electron chi connectivity index (χ0n) is 13.5. The summed E-state index contributed by atoms with van der Waals surface area (Å²) in [5.41, 5.74) is 8.34. The number of carbonyl (C=O) groups is 1. The lowest BCUT2D eigenvalue weighted by atomic mass is 9.72. The van der Waals surface area contributed by atoms with Crippen molar-refractivity contribution >= 4 is 5.91 Å². The van der Waals surface area contributed by atoms with Gasteiger partial charge in [0.2, 0.25) is 5.91 Å². The molecule has 0 radical (unpaired) electrons. The topological polar surface area (TPSA) is 55.6 Å². The summed E-state index contributed by atoms with van der Waals surface area (Å²) in [7, 11) is 1.73. The van der Waals surface area contributed by atoms with Crippen LogP contribution in [0, 0.1) is 11.8 Å². The molecule has 1 aliphatic heterocycles. The first-order valence-electron chi connectivity index (χ1n) is 8.32. The predicted octanol–water partition coefficient (Wildman–Crippen LogP) is 2.00. The Hall–Kier alpha value is -1.55. The lowest BCUT2D eigenvalue weighted by molar-refractivity contribution is -0.125. The third kappa shape index (κ3) is 2.72. The number of primary amides is 1. The first kappa shape index (κ1) is 15.3. The zero-order chi connectivity index (χ0) is 15.7. The number of fused-ring (bicyclic) bond motifs is 2. The molecule has 1 heterocycles. The van der Waals surface area contributed by atoms with Crippen molar-refractivity contribution in [2.45, 2.75) is 38.6 Å². The third-order valence-corrected chi connectivity index (χ3v) is 5.31. The summed E-state index contributed by atoms with van der Waals surface area (Å²) in [6, 6.07) is 6.88. The molecule has 0 unspecified atom stereocenters. The predicted molar refractivity (Wildman–Crippen MR) is 86.8 cm³/mol. The summed E-state index contributed by atoms with van der Waals surface area (Å²) in [4.78, 5) is 14.2. The van der Waals surface area contributed by atoms with Gasteiger partial charge in [-0.2, -0.15) is 0 Å². The van der Waals surface area contributed by atoms with E-state index < -0.39 is 0 Å². The SMILES string of the molecule is CCCN1C[C@@H](C(N)=O)C[C@@H]2Cc3c(cccc3OC)C[C@H]21. The number of methoxy groups -OCH3 is 1. The van der Waals surface area contributed by atoms with Crippen LogP contribution in [0.15, 0.2) is 18.2 Å². The first-order valence-corrected chi connectivity index (χ1v) is 8.32. The van der Waals surface area contributed by atoms with Gasteiger partial charge >= 0.3 is 0 Å². The fourth-order valence-corrected chi connectivity index (χ4v) is 4.29. The minimum atomic E-state index is -0.148. The molecule has 0 saturated carbocycles. The number of hydrogen-bond acceptors (Lipinski definition) is 3. The van der Waals surface area contributed by atoms with Crippen LogP contribution in [0.1, 0.15) is 30.9 Å². The van der Waals surface area contributed by atoms with Crippen molar-refractivity contribution in [3.8, 4) is 5.75 Å². The van der Waals surface area contributed by atoms with Gasteiger partial charge in [0.15, 0.2) is 0 Å². The van der Waals surface area contributed by atoms with Crippen LogP contribution in [0.3, 0.4) is 0 Å². The molecule has 120 valence electrons. The fourth-order valence-electron chi connectivity index (χ4n) is 4.29. The lowest BCUT2D eigenvalue weighted by Crippen LogP contribution is -2.54. The summed E-state index contributed by atoms with van der Waals surface area (Å²) in [6.07, 6.45) is 4.08. The van der Waals surface area contributed by atoms with Gasteiger partial charge in [0.1, 0.15) is 5.75 Å². The molecule has 1 aromatic carbocycles. The van der Waals surface area contributed by atoms with Crippen LogP contribution >= 0.6 is 0 Å². The Morgan fingerprint density at radius 3 is 2.91 bits per heavy atom. The van der Waals surface area contributed by atoms with E-state index in [0.717, 1.165) is 44.5 Å². The van der Waals surface area contributed by atoms with E-state index in [9.17, 15) is 4.79 Å². The molecule has 1 aromatic rings. The highest BCUT2D eigenvalue weighted by Crippen LogP contribution is 2.40. The van der Waals surface area contributed by atoms with Gasteiger partial charge in [-0.15, -0.1) is 0 Å². The number of ether oxygens (including phenoxy) is 1. The Kier molecular flexibility index (Phi) is 4.39. The van der Waals surface area contributed by atoms with Crippen molar-refractivity contribution in [2.24, 2.45) is 17.6 Å². The van der Waals surface area contributed by atoms with Gasteiger partial charge in [-0.05, 0) is 55.3 Å². The highest BCUT2D eigenvalue weighted by molar-refractivity contribution is 5.77. The van der Waals surface area contributed by atoms with Crippen molar-refractivity contribution in [2.75, 3.05) is 20.2 Å². The van der Waals surface area contributed by atoms with E-state index in [2.05, 4.69) is 24.0 Å². The van der Waals surface area contributed by atoms with E-state index in [1.807, 2.05) is 6.07 Å². The Morgan fingerprint density at radius 2 is 2.23 bits per heavy atom. The van der Waals surface area contributed by atoms with E-state index in [0.29, 0.717) is 12.0 Å². The maximum atomic E-state index is 11.7. The van der Waals surface area contributed by atoms with E-state index in [4.69, 9.17) is 10.5 Å². The van der Waals surface area contributed by atoms with Crippen molar-refractivity contribution in [1.29, 1.82) is 0 Å². The van der Waals surface area contributed by atoms with Gasteiger partial charge < -0.3 is 10.5 Å². The van der Waals surface area contributed by atoms with Crippen LogP contribution in [-0.4, -0.2) is 37.0 Å². The average molecular weight is 302 g/mol. The monoisotopic (exact) mass is 302 g/mol. The number of carbonyl (C=O) groups excluding carboxylic acids is 1. The summed E-state index contributed by atoms with van der Waals surface area (Å²) in [6.45, 7) is 4.07. The van der Waals surface area contributed by atoms with Crippen molar-refractivity contribution in [1.82, 2.24) is 4.90 Å². The van der Waals surface area contributed by atoms with Crippen molar-refractivity contribution < 1.29 is 9.53 Å². The lowest BCUT2D eigenvalue weighted by Gasteiger charge is -2.47. The highest BCUT2D eigenvalue weighted by atomic mass is 16.5. The Bertz CT molecular complexity index is 558. The third-order valence-electron chi connectivity index (χ3n) is 5.31. The number of amides is 1. The molecule has 4 heteroatoms. The van der Waals surface area contributed by atoms with E-state index in [1.165, 1.54) is 11.1 Å². The van der Waals surface area contributed by atoms with Gasteiger partial charge in [-0.3, -0.25) is 9.69 Å². The number of hydrogen-bond donors (Lipinski definition) is 1. The number of likely N-dealkylation sites (tertiary alicyclic amines) is 1. The molecule has 2 N–H and O–H groups in total. The minimum Gasteiger partial charge on any atom is -0.496 e. The van der Waals surface area contributed by atoms with Crippen LogP contribution in [0.2, 0.25) is 0 Å². The Labute approximate surface area is 132 Å². The molecule has 1 saturated heterocycles. The molecular weight excluding hydrogens is 276 g/mol. The standard InChI is InChI=1S/C18H26N2O2/c1-3-7-20-11-14(18(19)21)8-13-9-15-12(10-16(13)20)5-4-6-17(15)22-2/h4-6,13-14,16H,3,7-11H2,1-2H3,(H2,19,21)/t13-,14+,16-/m1/s1. The highest BCUT2D eigenvalue weighted by Gasteiger charge is 2.40. The quantitative estimate of drug-likeness (QED) is 0.925. The second-order valence-corrected chi connectivity index (χ2v) is 6.66. The van der Waals surface area contributed by atoms with Crippen LogP contribution in [0.5, 0.6) is 5.75 Å². The fraction of sp³-hybridized carbons (Fsp3) is 0.611. The van der Waals surface area contributed by atoms with E-state index >= 15 is 0 Å². The average Bonchev–Trinajstić information content (AvgIpc) is 2.52. The molecule has 2 aliphatic rings. The van der Waals surface area contributed by atoms with E-state index in [1.54, 1.807) is 7.11 Å². The summed E-state index contributed by atoms with van der Waals surface area (Å²) >= 11 is 0. The van der Waals surface area contributed by atoms with Gasteiger partial charge in [0.05, 0.1) is 13.0 Å². The second kappa shape index (κ2) is 6.29. The molecule has 4 nitrogen and oxygen atoms in total. The number of nitrogens with two attached hydrogens (primary N) is 1. The van der Waals surface area contributed by atoms with E-state index in [-0.39, 0.29) is 11.8 Å². The summed E-state index contributed by atoms with van der Waals surface area (Å²) < 4.78 is 5.54. The van der Waals surface area contributed by atoms with Gasteiger partial charge in [-0.1, -0.05) is 19.1 Å². The Morgan fingerprint density at radius 1 is 1.41 bits per heavy atom. The molecule has 3 rings (SSSR count). The smallest absolute Gasteiger partial charge is 0.221 e. The largest absolute Gasteiger partial charge is 0.496 e. The molecule has 0 aromatic heterocycles. The molecule has 0 spiro atoms. The summed E-state index contributed by atoms with van der Waals surface area (Å²) in [5, 5.41) is 0. The van der Waals surface area contributed by atoms with Crippen LogP contribution < -0.4 is 10.5 Å². The van der Waals surface area contributed by atoms with Gasteiger partial charge in [0, 0.05) is 12.6 Å². The van der Waals surface area contributed by atoms with Crippen LogP contribution in [0.4, 0.5) is 0 Å². The number of benzene rings is 1. The molecule has 3 atom stereocenters. The molecule has 0 bridgehead atoms. The number of nitrogens with zero attached hydrogens (tertiary/aromatic N) is 1. The number of rotatable bonds is 4. The maximum Gasteiger partial charge on any atom is 0.221 e. The molecule has 1 amide bonds. The molecule has 1 fully saturated rings. The van der Waals surface area contributed by atoms with Crippen LogP contribution in [-0.2, 0) is 17.6 Å². The van der Waals surface area contributed by atoms with Crippen LogP contribution in [0.25, 0.3) is 0 Å². The first-order chi connectivity index (χ1) is 10.6. The zero-order valence-corrected chi connectivity index (χ0v) is 13.5. The second-order valence-electron chi connectivity index (χ2n) is 6.66. The van der Waals surface area contributed by atoms with Crippen molar-refractivity contribution in [3.05, 3.63) is 29.3 Å². The molecular formula is C18H26N2O2. The summed E-state index contributed by atoms with van der Waals surface area (Å²) in [5.74, 6) is 1.33.